The number of hydrogen-bond acceptors (Lipinski definition) is 5. The van der Waals surface area contributed by atoms with Crippen molar-refractivity contribution in [3.8, 4) is 5.69 Å². The lowest BCUT2D eigenvalue weighted by Crippen LogP contribution is -2.42. The Morgan fingerprint density at radius 3 is 2.31 bits per heavy atom. The lowest BCUT2D eigenvalue weighted by atomic mass is 10.2. The molecule has 2 aromatic rings. The van der Waals surface area contributed by atoms with Crippen LogP contribution in [0.2, 0.25) is 0 Å². The largest absolute Gasteiger partial charge is 0.462 e. The second-order valence-corrected chi connectivity index (χ2v) is 7.50. The summed E-state index contributed by atoms with van der Waals surface area (Å²) in [4.78, 5) is 26.7. The summed E-state index contributed by atoms with van der Waals surface area (Å²) in [6, 6.07) is 8.03. The number of hydrogen-bond donors (Lipinski definition) is 1. The van der Waals surface area contributed by atoms with Gasteiger partial charge in [0.05, 0.1) is 24.2 Å². The summed E-state index contributed by atoms with van der Waals surface area (Å²) < 4.78 is 6.71. The molecule has 0 saturated heterocycles. The van der Waals surface area contributed by atoms with Gasteiger partial charge in [0.15, 0.2) is 0 Å². The standard InChI is InChI=1S/C22H32N4O3/c1-7-29-22(28)20-14-24-26(17(20)6)19-10-8-18(9-11-19)21(27)23-12-13-25(15(2)3)16(4)5/h8-11,14-16H,7,12-13H2,1-6H3,(H,23,27). The van der Waals surface area contributed by atoms with Crippen molar-refractivity contribution in [1.82, 2.24) is 20.0 Å². The number of nitrogens with zero attached hydrogens (tertiary/aromatic N) is 3. The van der Waals surface area contributed by atoms with Crippen LogP contribution in [0, 0.1) is 6.92 Å². The lowest BCUT2D eigenvalue weighted by Gasteiger charge is -2.30. The molecule has 1 N–H and O–H groups in total. The fourth-order valence-corrected chi connectivity index (χ4v) is 3.35. The molecule has 0 saturated carbocycles. The molecule has 1 heterocycles. The van der Waals surface area contributed by atoms with Gasteiger partial charge in [0.25, 0.3) is 5.91 Å². The van der Waals surface area contributed by atoms with Crippen molar-refractivity contribution >= 4 is 11.9 Å². The highest BCUT2D eigenvalue weighted by Gasteiger charge is 2.17. The van der Waals surface area contributed by atoms with E-state index >= 15 is 0 Å². The zero-order valence-corrected chi connectivity index (χ0v) is 18.2. The van der Waals surface area contributed by atoms with E-state index in [0.717, 1.165) is 12.2 Å². The highest BCUT2D eigenvalue weighted by atomic mass is 16.5. The SMILES string of the molecule is CCOC(=O)c1cnn(-c2ccc(C(=O)NCCN(C(C)C)C(C)C)cc2)c1C. The predicted octanol–water partition coefficient (Wildman–Crippen LogP) is 3.21. The van der Waals surface area contributed by atoms with Gasteiger partial charge in [-0.25, -0.2) is 9.48 Å². The fraction of sp³-hybridized carbons (Fsp3) is 0.500. The zero-order valence-electron chi connectivity index (χ0n) is 18.2. The van der Waals surface area contributed by atoms with Crippen molar-refractivity contribution in [2.45, 2.75) is 53.6 Å². The molecular weight excluding hydrogens is 368 g/mol. The van der Waals surface area contributed by atoms with Crippen LogP contribution in [-0.2, 0) is 4.74 Å². The molecule has 0 aliphatic heterocycles. The number of carbonyl (C=O) groups excluding carboxylic acids is 2. The van der Waals surface area contributed by atoms with Gasteiger partial charge >= 0.3 is 5.97 Å². The topological polar surface area (TPSA) is 76.5 Å². The van der Waals surface area contributed by atoms with Crippen molar-refractivity contribution in [3.63, 3.8) is 0 Å². The first-order valence-electron chi connectivity index (χ1n) is 10.1. The second-order valence-electron chi connectivity index (χ2n) is 7.50. The Morgan fingerprint density at radius 1 is 1.14 bits per heavy atom. The maximum Gasteiger partial charge on any atom is 0.341 e. The highest BCUT2D eigenvalue weighted by molar-refractivity contribution is 5.94. The molecule has 1 amide bonds. The van der Waals surface area contributed by atoms with Crippen molar-refractivity contribution < 1.29 is 14.3 Å². The number of aromatic nitrogens is 2. The van der Waals surface area contributed by atoms with E-state index < -0.39 is 0 Å². The number of amides is 1. The third-order valence-electron chi connectivity index (χ3n) is 4.86. The van der Waals surface area contributed by atoms with Gasteiger partial charge in [-0.2, -0.15) is 5.10 Å². The minimum absolute atomic E-state index is 0.103. The number of ether oxygens (including phenoxy) is 1. The Morgan fingerprint density at radius 2 is 1.76 bits per heavy atom. The quantitative estimate of drug-likeness (QED) is 0.654. The van der Waals surface area contributed by atoms with Gasteiger partial charge in [-0.3, -0.25) is 9.69 Å². The van der Waals surface area contributed by atoms with E-state index in [0.29, 0.717) is 42.1 Å². The van der Waals surface area contributed by atoms with Crippen LogP contribution < -0.4 is 5.32 Å². The summed E-state index contributed by atoms with van der Waals surface area (Å²) >= 11 is 0. The number of nitrogens with one attached hydrogen (secondary N) is 1. The van der Waals surface area contributed by atoms with Crippen LogP contribution in [-0.4, -0.2) is 58.3 Å². The summed E-state index contributed by atoms with van der Waals surface area (Å²) in [5.41, 5.74) is 2.50. The molecule has 0 aliphatic rings. The third-order valence-corrected chi connectivity index (χ3v) is 4.86. The molecule has 0 unspecified atom stereocenters. The molecule has 158 valence electrons. The maximum atomic E-state index is 12.4. The molecule has 1 aromatic carbocycles. The Hall–Kier alpha value is -2.67. The first-order valence-corrected chi connectivity index (χ1v) is 10.1. The number of benzene rings is 1. The van der Waals surface area contributed by atoms with Crippen LogP contribution in [0.4, 0.5) is 0 Å². The lowest BCUT2D eigenvalue weighted by molar-refractivity contribution is 0.0525. The van der Waals surface area contributed by atoms with E-state index in [9.17, 15) is 9.59 Å². The monoisotopic (exact) mass is 400 g/mol. The molecular formula is C22H32N4O3. The van der Waals surface area contributed by atoms with Crippen LogP contribution in [0.25, 0.3) is 5.69 Å². The van der Waals surface area contributed by atoms with E-state index in [1.54, 1.807) is 23.7 Å². The van der Waals surface area contributed by atoms with Crippen molar-refractivity contribution in [2.75, 3.05) is 19.7 Å². The Bertz CT molecular complexity index is 817. The van der Waals surface area contributed by atoms with Crippen LogP contribution >= 0.6 is 0 Å². The maximum absolute atomic E-state index is 12.4. The molecule has 0 spiro atoms. The molecule has 0 fully saturated rings. The predicted molar refractivity (Wildman–Crippen MR) is 114 cm³/mol. The first-order chi connectivity index (χ1) is 13.8. The zero-order chi connectivity index (χ0) is 21.6. The summed E-state index contributed by atoms with van der Waals surface area (Å²) in [6.45, 7) is 13.9. The van der Waals surface area contributed by atoms with Crippen molar-refractivity contribution in [1.29, 1.82) is 0 Å². The molecule has 7 nitrogen and oxygen atoms in total. The van der Waals surface area contributed by atoms with Gasteiger partial charge in [0.1, 0.15) is 5.56 Å². The fourth-order valence-electron chi connectivity index (χ4n) is 3.35. The van der Waals surface area contributed by atoms with E-state index in [1.165, 1.54) is 6.20 Å². The highest BCUT2D eigenvalue weighted by Crippen LogP contribution is 2.16. The van der Waals surface area contributed by atoms with E-state index in [2.05, 4.69) is 43.0 Å². The minimum Gasteiger partial charge on any atom is -0.462 e. The summed E-state index contributed by atoms with van der Waals surface area (Å²) in [6.07, 6.45) is 1.50. The van der Waals surface area contributed by atoms with Gasteiger partial charge < -0.3 is 10.1 Å². The van der Waals surface area contributed by atoms with Crippen LogP contribution in [0.1, 0.15) is 61.0 Å². The van der Waals surface area contributed by atoms with Gasteiger partial charge in [-0.05, 0) is 65.8 Å². The normalized spacial score (nSPS) is 11.3. The second kappa shape index (κ2) is 10.2. The van der Waals surface area contributed by atoms with Crippen LogP contribution in [0.15, 0.2) is 30.5 Å². The van der Waals surface area contributed by atoms with Crippen LogP contribution in [0.3, 0.4) is 0 Å². The van der Waals surface area contributed by atoms with E-state index in [4.69, 9.17) is 4.74 Å². The summed E-state index contributed by atoms with van der Waals surface area (Å²) in [5, 5.41) is 7.25. The molecule has 29 heavy (non-hydrogen) atoms. The van der Waals surface area contributed by atoms with Gasteiger partial charge in [0.2, 0.25) is 0 Å². The van der Waals surface area contributed by atoms with E-state index in [1.807, 2.05) is 19.1 Å². The molecule has 0 bridgehead atoms. The average Bonchev–Trinajstić information content (AvgIpc) is 3.06. The first kappa shape index (κ1) is 22.6. The third kappa shape index (κ3) is 5.67. The Balaban J connectivity index is 2.01. The molecule has 2 rings (SSSR count). The number of carbonyl (C=O) groups is 2. The minimum atomic E-state index is -0.385. The van der Waals surface area contributed by atoms with Crippen molar-refractivity contribution in [3.05, 3.63) is 47.3 Å². The van der Waals surface area contributed by atoms with Crippen molar-refractivity contribution in [2.24, 2.45) is 0 Å². The smallest absolute Gasteiger partial charge is 0.341 e. The van der Waals surface area contributed by atoms with Gasteiger partial charge in [-0.15, -0.1) is 0 Å². The van der Waals surface area contributed by atoms with Gasteiger partial charge in [-0.1, -0.05) is 0 Å². The molecule has 1 aromatic heterocycles. The Kier molecular flexibility index (Phi) is 7.96. The van der Waals surface area contributed by atoms with Crippen LogP contribution in [0.5, 0.6) is 0 Å². The average molecular weight is 401 g/mol. The molecule has 0 atom stereocenters. The summed E-state index contributed by atoms with van der Waals surface area (Å²) in [7, 11) is 0. The molecule has 0 radical (unpaired) electrons. The van der Waals surface area contributed by atoms with Gasteiger partial charge in [0, 0.05) is 30.7 Å². The molecule has 0 aliphatic carbocycles. The number of rotatable bonds is 9. The number of esters is 1. The molecule has 7 heteroatoms. The van der Waals surface area contributed by atoms with E-state index in [-0.39, 0.29) is 11.9 Å². The summed E-state index contributed by atoms with van der Waals surface area (Å²) in [5.74, 6) is -0.488. The Labute approximate surface area is 173 Å².